The molecule has 0 rings (SSSR count). The van der Waals surface area contributed by atoms with Crippen LogP contribution in [-0.4, -0.2) is 53.3 Å². The Kier molecular flexibility index (Phi) is 53.4. The first-order chi connectivity index (χ1) is 8.42. The molecule has 21 heavy (non-hydrogen) atoms. The Morgan fingerprint density at radius 2 is 1.19 bits per heavy atom. The van der Waals surface area contributed by atoms with Crippen molar-refractivity contribution in [2.45, 2.75) is 35.6 Å². The second-order valence-electron chi connectivity index (χ2n) is 2.60. The number of ether oxygens (including phenoxy) is 1. The Morgan fingerprint density at radius 1 is 0.810 bits per heavy atom. The third kappa shape index (κ3) is 46.1. The predicted molar refractivity (Wildman–Crippen MR) is 89.5 cm³/mol. The van der Waals surface area contributed by atoms with Crippen LogP contribution in [0.25, 0.3) is 0 Å². The fourth-order valence-corrected chi connectivity index (χ4v) is 0.404. The maximum atomic E-state index is 10.1. The predicted octanol–water partition coefficient (Wildman–Crippen LogP) is 1.57. The number of hydrogen-bond acceptors (Lipinski definition) is 4. The largest absolute Gasteiger partial charge is 0.453 e. The van der Waals surface area contributed by atoms with Crippen molar-refractivity contribution in [1.29, 1.82) is 0 Å². The lowest BCUT2D eigenvalue weighted by Crippen LogP contribution is -2.28. The third-order valence-corrected chi connectivity index (χ3v) is 1.44. The Labute approximate surface area is 130 Å². The second kappa shape index (κ2) is 30.8. The number of methoxy groups -OCH3 is 1. The molecule has 0 saturated heterocycles. The van der Waals surface area contributed by atoms with Crippen LogP contribution in [0.4, 0.5) is 9.59 Å². The van der Waals surface area contributed by atoms with Crippen LogP contribution in [0.2, 0.25) is 0 Å². The van der Waals surface area contributed by atoms with Crippen molar-refractivity contribution in [3.8, 4) is 0 Å². The van der Waals surface area contributed by atoms with Gasteiger partial charge in [-0.1, -0.05) is 29.2 Å². The van der Waals surface area contributed by atoms with Crippen molar-refractivity contribution in [3.05, 3.63) is 0 Å². The molecule has 8 nitrogen and oxygen atoms in total. The molecule has 0 spiro atoms. The highest BCUT2D eigenvalue weighted by atomic mass is 16.5. The summed E-state index contributed by atoms with van der Waals surface area (Å²) in [6.45, 7) is 1.82. The van der Waals surface area contributed by atoms with Crippen molar-refractivity contribution in [2.24, 2.45) is 0 Å². The standard InChI is InChI=1S/C4H9NO.C3H8N2O.C3H7NO2.3CH4/c1-3-4(6)5-2;1-4-3(6)5-2;1-4-3(5)6-2;;;/h3H2,1-2H3,(H,5,6);1-2H3,(H2,4,5,6);1-2H3,(H,4,5);3*1H4. The number of rotatable bonds is 1. The number of nitrogens with one attached hydrogen (secondary N) is 4. The topological polar surface area (TPSA) is 109 Å². The summed E-state index contributed by atoms with van der Waals surface area (Å²) in [5, 5.41) is 9.46. The first-order valence-corrected chi connectivity index (χ1v) is 5.29. The molecule has 0 aromatic carbocycles. The van der Waals surface area contributed by atoms with Gasteiger partial charge in [0.05, 0.1) is 7.11 Å². The van der Waals surface area contributed by atoms with E-state index in [1.54, 1.807) is 21.1 Å². The van der Waals surface area contributed by atoms with Crippen LogP contribution < -0.4 is 21.3 Å². The quantitative estimate of drug-likeness (QED) is 0.589. The van der Waals surface area contributed by atoms with Gasteiger partial charge in [0, 0.05) is 34.6 Å². The molecule has 4 amide bonds. The zero-order valence-corrected chi connectivity index (χ0v) is 11.8. The minimum absolute atomic E-state index is 0. The summed E-state index contributed by atoms with van der Waals surface area (Å²) in [5.74, 6) is 0.0926. The maximum absolute atomic E-state index is 10.1. The van der Waals surface area contributed by atoms with Gasteiger partial charge in [0.15, 0.2) is 0 Å². The maximum Gasteiger partial charge on any atom is 0.406 e. The number of urea groups is 1. The van der Waals surface area contributed by atoms with Crippen LogP contribution >= 0.6 is 0 Å². The van der Waals surface area contributed by atoms with E-state index in [0.717, 1.165) is 0 Å². The number of amides is 4. The average molecular weight is 312 g/mol. The number of alkyl carbamates (subject to hydrolysis) is 1. The van der Waals surface area contributed by atoms with Crippen LogP contribution in [0.3, 0.4) is 0 Å². The summed E-state index contributed by atoms with van der Waals surface area (Å²) in [6, 6.07) is -0.157. The Hall–Kier alpha value is -1.99. The Balaban J connectivity index is -0.0000000375. The SMILES string of the molecule is C.C.C.CCC(=O)NC.CNC(=O)NC.CNC(=O)OC. The first-order valence-electron chi connectivity index (χ1n) is 5.29. The van der Waals surface area contributed by atoms with E-state index in [2.05, 4.69) is 26.0 Å². The van der Waals surface area contributed by atoms with Crippen molar-refractivity contribution < 1.29 is 19.1 Å². The molecule has 0 saturated carbocycles. The third-order valence-electron chi connectivity index (χ3n) is 1.44. The summed E-state index contributed by atoms with van der Waals surface area (Å²) >= 11 is 0. The molecule has 0 atom stereocenters. The van der Waals surface area contributed by atoms with E-state index in [0.29, 0.717) is 6.42 Å². The molecule has 0 aliphatic heterocycles. The number of carbonyl (C=O) groups excluding carboxylic acids is 3. The van der Waals surface area contributed by atoms with Crippen LogP contribution in [0.5, 0.6) is 0 Å². The normalized spacial score (nSPS) is 6.19. The fourth-order valence-electron chi connectivity index (χ4n) is 0.404. The van der Waals surface area contributed by atoms with E-state index < -0.39 is 6.09 Å². The van der Waals surface area contributed by atoms with Gasteiger partial charge in [-0.05, 0) is 0 Å². The number of hydrogen-bond donors (Lipinski definition) is 4. The lowest BCUT2D eigenvalue weighted by atomic mass is 10.5. The van der Waals surface area contributed by atoms with E-state index in [4.69, 9.17) is 0 Å². The van der Waals surface area contributed by atoms with Gasteiger partial charge in [-0.25, -0.2) is 9.59 Å². The summed E-state index contributed by atoms with van der Waals surface area (Å²) in [4.78, 5) is 29.9. The molecule has 0 fully saturated rings. The first kappa shape index (κ1) is 36.4. The molecule has 0 aromatic heterocycles. The van der Waals surface area contributed by atoms with Crippen LogP contribution in [-0.2, 0) is 9.53 Å². The monoisotopic (exact) mass is 312 g/mol. The van der Waals surface area contributed by atoms with Crippen molar-refractivity contribution in [2.75, 3.05) is 35.3 Å². The molecule has 0 aliphatic carbocycles. The Morgan fingerprint density at radius 3 is 1.19 bits per heavy atom. The molecule has 0 heterocycles. The van der Waals surface area contributed by atoms with Crippen LogP contribution in [0.15, 0.2) is 0 Å². The van der Waals surface area contributed by atoms with Gasteiger partial charge < -0.3 is 26.0 Å². The van der Waals surface area contributed by atoms with Gasteiger partial charge >= 0.3 is 12.1 Å². The van der Waals surface area contributed by atoms with Crippen LogP contribution in [0.1, 0.15) is 35.6 Å². The molecule has 0 radical (unpaired) electrons. The van der Waals surface area contributed by atoms with E-state index in [-0.39, 0.29) is 34.2 Å². The summed E-state index contributed by atoms with van der Waals surface area (Å²) in [5.41, 5.74) is 0. The molecule has 0 aliphatic rings. The average Bonchev–Trinajstić information content (AvgIpc) is 2.45. The van der Waals surface area contributed by atoms with E-state index in [9.17, 15) is 14.4 Å². The zero-order chi connectivity index (χ0) is 15.0. The van der Waals surface area contributed by atoms with Gasteiger partial charge in [-0.15, -0.1) is 0 Å². The smallest absolute Gasteiger partial charge is 0.406 e. The fraction of sp³-hybridized carbons (Fsp3) is 0.769. The van der Waals surface area contributed by atoms with Gasteiger partial charge in [-0.2, -0.15) is 0 Å². The molecule has 0 aromatic rings. The van der Waals surface area contributed by atoms with Crippen molar-refractivity contribution >= 4 is 18.0 Å². The number of carbonyl (C=O) groups is 3. The van der Waals surface area contributed by atoms with E-state index in [1.807, 2.05) is 6.92 Å². The highest BCUT2D eigenvalue weighted by Gasteiger charge is 1.85. The lowest BCUT2D eigenvalue weighted by Gasteiger charge is -1.91. The molecule has 0 unspecified atom stereocenters. The van der Waals surface area contributed by atoms with Gasteiger partial charge in [-0.3, -0.25) is 4.79 Å². The molecule has 0 bridgehead atoms. The molecule has 132 valence electrons. The highest BCUT2D eigenvalue weighted by Crippen LogP contribution is 1.68. The van der Waals surface area contributed by atoms with E-state index >= 15 is 0 Å². The summed E-state index contributed by atoms with van der Waals surface area (Å²) in [7, 11) is 7.59. The Bertz CT molecular complexity index is 180. The summed E-state index contributed by atoms with van der Waals surface area (Å²) in [6.07, 6.45) is 0.172. The zero-order valence-electron chi connectivity index (χ0n) is 11.8. The molecule has 4 N–H and O–H groups in total. The van der Waals surface area contributed by atoms with Gasteiger partial charge in [0.2, 0.25) is 5.91 Å². The molecule has 8 heteroatoms. The van der Waals surface area contributed by atoms with Crippen molar-refractivity contribution in [1.82, 2.24) is 21.3 Å². The van der Waals surface area contributed by atoms with Gasteiger partial charge in [0.25, 0.3) is 0 Å². The van der Waals surface area contributed by atoms with Gasteiger partial charge in [0.1, 0.15) is 0 Å². The van der Waals surface area contributed by atoms with Crippen LogP contribution in [0, 0.1) is 0 Å². The minimum Gasteiger partial charge on any atom is -0.453 e. The second-order valence-corrected chi connectivity index (χ2v) is 2.60. The van der Waals surface area contributed by atoms with Crippen molar-refractivity contribution in [3.63, 3.8) is 0 Å². The van der Waals surface area contributed by atoms with E-state index in [1.165, 1.54) is 14.2 Å². The lowest BCUT2D eigenvalue weighted by molar-refractivity contribution is -0.120. The minimum atomic E-state index is -0.407. The molecular formula is C13H36N4O4. The highest BCUT2D eigenvalue weighted by molar-refractivity contribution is 5.75. The molecular weight excluding hydrogens is 276 g/mol. The summed E-state index contributed by atoms with van der Waals surface area (Å²) < 4.78 is 4.15.